The Labute approximate surface area is 304 Å². The van der Waals surface area contributed by atoms with Gasteiger partial charge in [-0.05, 0) is 42.8 Å². The highest BCUT2D eigenvalue weighted by atomic mass is 16.6. The Hall–Kier alpha value is -2.69. The van der Waals surface area contributed by atoms with E-state index < -0.39 is 6.09 Å². The number of hydrogen-bond acceptors (Lipinski definition) is 12. The second-order valence-corrected chi connectivity index (χ2v) is 11.9. The molecule has 2 aromatic carbocycles. The third kappa shape index (κ3) is 19.6. The number of carbonyl (C=O) groups excluding carboxylic acids is 1. The van der Waals surface area contributed by atoms with Crippen LogP contribution in [0.4, 0.5) is 4.79 Å². The summed E-state index contributed by atoms with van der Waals surface area (Å²) in [7, 11) is 4.04. The predicted octanol–water partition coefficient (Wildman–Crippen LogP) is 3.63. The Morgan fingerprint density at radius 2 is 0.882 bits per heavy atom. The normalized spacial score (nSPS) is 12.4. The summed E-state index contributed by atoms with van der Waals surface area (Å²) in [4.78, 5) is 14.3. The van der Waals surface area contributed by atoms with Crippen LogP contribution in [-0.2, 0) is 47.4 Å². The van der Waals surface area contributed by atoms with Crippen LogP contribution in [0.5, 0.6) is 0 Å². The lowest BCUT2D eigenvalue weighted by atomic mass is 9.98. The van der Waals surface area contributed by atoms with Crippen LogP contribution < -0.4 is 5.32 Å². The molecule has 13 nitrogen and oxygen atoms in total. The fourth-order valence-electron chi connectivity index (χ4n) is 5.12. The van der Waals surface area contributed by atoms with E-state index in [-0.39, 0.29) is 5.92 Å². The van der Waals surface area contributed by atoms with E-state index >= 15 is 0 Å². The lowest BCUT2D eigenvalue weighted by Crippen LogP contribution is -2.27. The lowest BCUT2D eigenvalue weighted by molar-refractivity contribution is -0.0251. The van der Waals surface area contributed by atoms with Gasteiger partial charge in [0.25, 0.3) is 0 Å². The minimum Gasteiger partial charge on any atom is -0.449 e. The molecular weight excluding hydrogens is 660 g/mol. The number of likely N-dealkylation sites (N-methyl/N-ethyl adjacent to an activating group) is 1. The van der Waals surface area contributed by atoms with Crippen LogP contribution in [0.3, 0.4) is 0 Å². The number of amides is 1. The molecule has 0 saturated carbocycles. The molecule has 51 heavy (non-hydrogen) atoms. The molecule has 0 aromatic heterocycles. The average molecular weight is 721 g/mol. The van der Waals surface area contributed by atoms with Gasteiger partial charge in [0.05, 0.1) is 112 Å². The van der Waals surface area contributed by atoms with E-state index in [9.17, 15) is 4.79 Å². The molecule has 288 valence electrons. The summed E-state index contributed by atoms with van der Waals surface area (Å²) < 4.78 is 55.0. The standard InChI is InChI=1S/C38H60N2O11/c1-40(2)13-15-43-17-19-45-21-23-47-25-27-49-29-31-50-30-28-48-26-24-46-22-20-44-18-16-42-14-7-12-39-38(41)51-32-37-35-10-5-3-8-33(35)34-9-4-6-11-36(34)37/h3-6,8-11,37H,7,12-32H2,1-2H3,(H,39,41). The summed E-state index contributed by atoms with van der Waals surface area (Å²) in [6.45, 7) is 11.2. The van der Waals surface area contributed by atoms with Crippen molar-refractivity contribution < 1.29 is 52.2 Å². The van der Waals surface area contributed by atoms with Gasteiger partial charge >= 0.3 is 6.09 Å². The molecule has 1 N–H and O–H groups in total. The van der Waals surface area contributed by atoms with E-state index in [1.807, 2.05) is 38.4 Å². The SMILES string of the molecule is CN(C)CCOCCOCCOCCOCCOCCOCCOCCOCCOCCCNC(=O)OCC1c2ccccc2-c2ccccc21. The van der Waals surface area contributed by atoms with Crippen molar-refractivity contribution >= 4 is 6.09 Å². The molecule has 13 heteroatoms. The Morgan fingerprint density at radius 3 is 1.27 bits per heavy atom. The summed E-state index contributed by atoms with van der Waals surface area (Å²) in [6.07, 6.45) is 0.276. The number of hydrogen-bond donors (Lipinski definition) is 1. The third-order valence-electron chi connectivity index (χ3n) is 7.74. The Bertz CT molecular complexity index is 1110. The molecule has 0 heterocycles. The molecule has 1 amide bonds. The molecule has 0 unspecified atom stereocenters. The topological polar surface area (TPSA) is 125 Å². The molecular formula is C38H60N2O11. The number of benzene rings is 2. The Balaban J connectivity index is 0.966. The smallest absolute Gasteiger partial charge is 0.407 e. The van der Waals surface area contributed by atoms with Crippen molar-refractivity contribution in [2.24, 2.45) is 0 Å². The van der Waals surface area contributed by atoms with Gasteiger partial charge in [0.1, 0.15) is 6.61 Å². The number of rotatable bonds is 33. The molecule has 0 aliphatic heterocycles. The maximum Gasteiger partial charge on any atom is 0.407 e. The Kier molecular flexibility index (Phi) is 24.2. The zero-order valence-electron chi connectivity index (χ0n) is 30.7. The van der Waals surface area contributed by atoms with Crippen molar-refractivity contribution in [2.75, 3.05) is 153 Å². The van der Waals surface area contributed by atoms with Crippen LogP contribution in [0.1, 0.15) is 23.5 Å². The maximum absolute atomic E-state index is 12.3. The monoisotopic (exact) mass is 720 g/mol. The third-order valence-corrected chi connectivity index (χ3v) is 7.74. The van der Waals surface area contributed by atoms with Gasteiger partial charge in [-0.3, -0.25) is 0 Å². The van der Waals surface area contributed by atoms with Gasteiger partial charge in [0.15, 0.2) is 0 Å². The van der Waals surface area contributed by atoms with E-state index in [2.05, 4.69) is 34.5 Å². The molecule has 2 aromatic rings. The zero-order valence-corrected chi connectivity index (χ0v) is 30.7. The number of ether oxygens (including phenoxy) is 10. The highest BCUT2D eigenvalue weighted by Crippen LogP contribution is 2.44. The van der Waals surface area contributed by atoms with Crippen molar-refractivity contribution in [2.45, 2.75) is 12.3 Å². The highest BCUT2D eigenvalue weighted by molar-refractivity contribution is 5.79. The van der Waals surface area contributed by atoms with Crippen molar-refractivity contribution in [1.82, 2.24) is 10.2 Å². The van der Waals surface area contributed by atoms with Crippen LogP contribution in [0, 0.1) is 0 Å². The van der Waals surface area contributed by atoms with E-state index in [0.717, 1.165) is 6.54 Å². The number of nitrogens with zero attached hydrogens (tertiary/aromatic N) is 1. The number of carbonyl (C=O) groups is 1. The van der Waals surface area contributed by atoms with Crippen LogP contribution in [0.25, 0.3) is 11.1 Å². The van der Waals surface area contributed by atoms with E-state index in [1.54, 1.807) is 0 Å². The fourth-order valence-corrected chi connectivity index (χ4v) is 5.12. The van der Waals surface area contributed by atoms with Crippen molar-refractivity contribution in [1.29, 1.82) is 0 Å². The van der Waals surface area contributed by atoms with Gasteiger partial charge in [-0.15, -0.1) is 0 Å². The van der Waals surface area contributed by atoms with Gasteiger partial charge in [-0.2, -0.15) is 0 Å². The maximum atomic E-state index is 12.3. The first-order valence-electron chi connectivity index (χ1n) is 18.1. The molecule has 0 saturated heterocycles. The predicted molar refractivity (Wildman–Crippen MR) is 194 cm³/mol. The van der Waals surface area contributed by atoms with Gasteiger partial charge in [-0.1, -0.05) is 48.5 Å². The summed E-state index contributed by atoms with van der Waals surface area (Å²) >= 11 is 0. The summed E-state index contributed by atoms with van der Waals surface area (Å²) in [6, 6.07) is 16.6. The van der Waals surface area contributed by atoms with E-state index in [1.165, 1.54) is 22.3 Å². The van der Waals surface area contributed by atoms with Crippen molar-refractivity contribution in [3.8, 4) is 11.1 Å². The number of alkyl carbamates (subject to hydrolysis) is 1. The minimum atomic E-state index is -0.412. The second-order valence-electron chi connectivity index (χ2n) is 11.9. The zero-order chi connectivity index (χ0) is 36.0. The summed E-state index contributed by atoms with van der Waals surface area (Å²) in [5.41, 5.74) is 4.82. The summed E-state index contributed by atoms with van der Waals surface area (Å²) in [5, 5.41) is 2.81. The number of nitrogens with one attached hydrogen (secondary N) is 1. The van der Waals surface area contributed by atoms with Crippen LogP contribution in [0.15, 0.2) is 48.5 Å². The average Bonchev–Trinajstić information content (AvgIpc) is 3.46. The molecule has 1 aliphatic rings. The first kappa shape index (κ1) is 42.7. The van der Waals surface area contributed by atoms with Crippen LogP contribution >= 0.6 is 0 Å². The van der Waals surface area contributed by atoms with Gasteiger partial charge in [-0.25, -0.2) is 4.79 Å². The van der Waals surface area contributed by atoms with Gasteiger partial charge in [0.2, 0.25) is 0 Å². The van der Waals surface area contributed by atoms with Crippen molar-refractivity contribution in [3.05, 3.63) is 59.7 Å². The van der Waals surface area contributed by atoms with Crippen LogP contribution in [0.2, 0.25) is 0 Å². The molecule has 0 spiro atoms. The van der Waals surface area contributed by atoms with Crippen LogP contribution in [-0.4, -0.2) is 164 Å². The summed E-state index contributed by atoms with van der Waals surface area (Å²) in [5.74, 6) is 0.0524. The second kappa shape index (κ2) is 28.8. The number of fused-ring (bicyclic) bond motifs is 3. The first-order chi connectivity index (χ1) is 25.2. The molecule has 0 radical (unpaired) electrons. The first-order valence-corrected chi connectivity index (χ1v) is 18.1. The molecule has 0 atom stereocenters. The highest BCUT2D eigenvalue weighted by Gasteiger charge is 2.28. The quantitative estimate of drug-likeness (QED) is 0.108. The minimum absolute atomic E-state index is 0.0524. The lowest BCUT2D eigenvalue weighted by Gasteiger charge is -2.14. The molecule has 1 aliphatic carbocycles. The van der Waals surface area contributed by atoms with E-state index in [0.29, 0.717) is 138 Å². The molecule has 0 fully saturated rings. The molecule has 3 rings (SSSR count). The van der Waals surface area contributed by atoms with Gasteiger partial charge in [0, 0.05) is 25.6 Å². The molecule has 0 bridgehead atoms. The fraction of sp³-hybridized carbons (Fsp3) is 0.658. The van der Waals surface area contributed by atoms with Gasteiger partial charge < -0.3 is 57.6 Å². The largest absolute Gasteiger partial charge is 0.449 e. The Morgan fingerprint density at radius 1 is 0.529 bits per heavy atom. The van der Waals surface area contributed by atoms with Crippen molar-refractivity contribution in [3.63, 3.8) is 0 Å². The van der Waals surface area contributed by atoms with E-state index in [4.69, 9.17) is 47.4 Å².